The van der Waals surface area contributed by atoms with Crippen molar-refractivity contribution in [2.45, 2.75) is 13.5 Å². The van der Waals surface area contributed by atoms with Crippen LogP contribution in [0.25, 0.3) is 27.9 Å². The van der Waals surface area contributed by atoms with Crippen molar-refractivity contribution < 1.29 is 4.74 Å². The van der Waals surface area contributed by atoms with Gasteiger partial charge in [0.25, 0.3) is 11.1 Å². The normalized spacial score (nSPS) is 10.9. The van der Waals surface area contributed by atoms with Crippen molar-refractivity contribution in [2.75, 3.05) is 0 Å². The third kappa shape index (κ3) is 5.14. The number of rotatable bonds is 6. The van der Waals surface area contributed by atoms with E-state index in [0.717, 1.165) is 16.9 Å². The maximum absolute atomic E-state index is 13.7. The molecule has 3 heterocycles. The third-order valence-corrected chi connectivity index (χ3v) is 6.05. The van der Waals surface area contributed by atoms with Crippen molar-refractivity contribution >= 4 is 11.6 Å². The number of ether oxygens (including phenoxy) is 1. The van der Waals surface area contributed by atoms with Crippen molar-refractivity contribution in [3.8, 4) is 33.7 Å². The van der Waals surface area contributed by atoms with E-state index in [1.165, 1.54) is 10.8 Å². The molecule has 0 saturated carbocycles. The number of aryl methyl sites for hydroxylation is 1. The molecular weight excluding hydrogens is 492 g/mol. The van der Waals surface area contributed by atoms with Gasteiger partial charge in [0.15, 0.2) is 0 Å². The van der Waals surface area contributed by atoms with Crippen LogP contribution in [-0.4, -0.2) is 19.5 Å². The van der Waals surface area contributed by atoms with Crippen LogP contribution in [0.1, 0.15) is 11.1 Å². The first kappa shape index (κ1) is 24.0. The van der Waals surface area contributed by atoms with Crippen LogP contribution in [-0.2, 0) is 6.61 Å². The van der Waals surface area contributed by atoms with Gasteiger partial charge < -0.3 is 9.72 Å². The van der Waals surface area contributed by atoms with Crippen LogP contribution >= 0.6 is 11.6 Å². The van der Waals surface area contributed by atoms with E-state index < -0.39 is 11.2 Å². The number of aromatic amines is 2. The molecule has 2 aromatic carbocycles. The minimum atomic E-state index is -0.623. The van der Waals surface area contributed by atoms with Crippen molar-refractivity contribution in [1.82, 2.24) is 19.5 Å². The molecule has 37 heavy (non-hydrogen) atoms. The summed E-state index contributed by atoms with van der Waals surface area (Å²) in [5.41, 5.74) is 2.25. The number of nitrogens with zero attached hydrogens (tertiary/aromatic N) is 2. The molecule has 0 aliphatic heterocycles. The van der Waals surface area contributed by atoms with E-state index in [1.807, 2.05) is 37.3 Å². The highest BCUT2D eigenvalue weighted by molar-refractivity contribution is 6.31. The Labute approximate surface area is 215 Å². The Balaban J connectivity index is 1.65. The van der Waals surface area contributed by atoms with Gasteiger partial charge in [0, 0.05) is 34.7 Å². The lowest BCUT2D eigenvalue weighted by Crippen LogP contribution is -2.24. The molecule has 0 amide bonds. The Bertz CT molecular complexity index is 1770. The summed E-state index contributed by atoms with van der Waals surface area (Å²) in [6.07, 6.45) is 6.01. The molecule has 0 unspecified atom stereocenters. The van der Waals surface area contributed by atoms with Crippen LogP contribution in [0.4, 0.5) is 0 Å². The average Bonchev–Trinajstić information content (AvgIpc) is 2.89. The minimum absolute atomic E-state index is 0.198. The van der Waals surface area contributed by atoms with E-state index in [-0.39, 0.29) is 17.7 Å². The fraction of sp³-hybridized carbons (Fsp3) is 0.0714. The molecule has 0 spiro atoms. The van der Waals surface area contributed by atoms with Crippen LogP contribution in [0.5, 0.6) is 5.75 Å². The molecule has 0 aliphatic carbocycles. The monoisotopic (exact) mass is 512 g/mol. The van der Waals surface area contributed by atoms with Gasteiger partial charge in [-0.05, 0) is 66.1 Å². The minimum Gasteiger partial charge on any atom is -0.489 e. The number of H-pyrrole nitrogens is 2. The maximum Gasteiger partial charge on any atom is 0.325 e. The maximum atomic E-state index is 13.7. The quantitative estimate of drug-likeness (QED) is 0.348. The largest absolute Gasteiger partial charge is 0.489 e. The zero-order chi connectivity index (χ0) is 25.9. The molecule has 5 aromatic rings. The Morgan fingerprint density at radius 3 is 2.57 bits per heavy atom. The Hall–Kier alpha value is -4.69. The van der Waals surface area contributed by atoms with E-state index in [4.69, 9.17) is 16.3 Å². The molecule has 0 radical (unpaired) electrons. The Morgan fingerprint density at radius 2 is 1.81 bits per heavy atom. The lowest BCUT2D eigenvalue weighted by molar-refractivity contribution is 0.304. The SMILES string of the molecule is Cc1ccccc1OCc1cc(Cl)cc(-c2cc(-c3c[nH]c(=O)[nH]c3=O)cn(-c3cccnc3)c2=O)c1. The predicted molar refractivity (Wildman–Crippen MR) is 142 cm³/mol. The van der Waals surface area contributed by atoms with Crippen molar-refractivity contribution in [3.63, 3.8) is 0 Å². The molecule has 2 N–H and O–H groups in total. The molecule has 0 fully saturated rings. The van der Waals surface area contributed by atoms with E-state index in [2.05, 4.69) is 15.0 Å². The van der Waals surface area contributed by atoms with Crippen LogP contribution < -0.4 is 21.5 Å². The summed E-state index contributed by atoms with van der Waals surface area (Å²) in [5, 5.41) is 0.431. The van der Waals surface area contributed by atoms with Gasteiger partial charge in [-0.15, -0.1) is 0 Å². The first-order valence-corrected chi connectivity index (χ1v) is 11.7. The molecule has 3 aromatic heterocycles. The summed E-state index contributed by atoms with van der Waals surface area (Å²) in [5.74, 6) is 0.752. The zero-order valence-corrected chi connectivity index (χ0v) is 20.5. The molecule has 5 rings (SSSR count). The summed E-state index contributed by atoms with van der Waals surface area (Å²) in [7, 11) is 0. The van der Waals surface area contributed by atoms with Crippen LogP contribution in [0.15, 0.2) is 99.8 Å². The van der Waals surface area contributed by atoms with E-state index >= 15 is 0 Å². The number of nitrogens with one attached hydrogen (secondary N) is 2. The number of benzene rings is 2. The van der Waals surface area contributed by atoms with E-state index in [0.29, 0.717) is 27.4 Å². The summed E-state index contributed by atoms with van der Waals surface area (Å²) < 4.78 is 7.39. The Kier molecular flexibility index (Phi) is 6.57. The summed E-state index contributed by atoms with van der Waals surface area (Å²) in [6.45, 7) is 2.21. The number of pyridine rings is 2. The number of hydrogen-bond donors (Lipinski definition) is 2. The average molecular weight is 513 g/mol. The first-order chi connectivity index (χ1) is 17.9. The fourth-order valence-electron chi connectivity index (χ4n) is 4.02. The summed E-state index contributed by atoms with van der Waals surface area (Å²) in [4.78, 5) is 46.6. The molecule has 0 aliphatic rings. The molecular formula is C28H21ClN4O4. The van der Waals surface area contributed by atoms with Gasteiger partial charge in [0.2, 0.25) is 0 Å². The molecule has 0 saturated heterocycles. The molecule has 9 heteroatoms. The van der Waals surface area contributed by atoms with Crippen molar-refractivity contribution in [3.05, 3.63) is 133 Å². The van der Waals surface area contributed by atoms with Gasteiger partial charge in [-0.25, -0.2) is 4.79 Å². The summed E-state index contributed by atoms with van der Waals surface area (Å²) >= 11 is 6.45. The van der Waals surface area contributed by atoms with Gasteiger partial charge >= 0.3 is 5.69 Å². The highest BCUT2D eigenvalue weighted by atomic mass is 35.5. The lowest BCUT2D eigenvalue weighted by Gasteiger charge is -2.14. The summed E-state index contributed by atoms with van der Waals surface area (Å²) in [6, 6.07) is 18.0. The molecule has 8 nitrogen and oxygen atoms in total. The fourth-order valence-corrected chi connectivity index (χ4v) is 4.27. The van der Waals surface area contributed by atoms with Crippen molar-refractivity contribution in [2.24, 2.45) is 0 Å². The standard InChI is InChI=1S/C28H21ClN4O4/c1-17-5-2-3-7-25(17)37-16-18-9-19(11-21(29)10-18)23-12-20(24-14-31-28(36)32-26(24)34)15-33(27(23)35)22-6-4-8-30-13-22/h2-15H,16H2,1H3,(H2,31,32,34,36). The van der Waals surface area contributed by atoms with Crippen LogP contribution in [0.3, 0.4) is 0 Å². The van der Waals surface area contributed by atoms with Gasteiger partial charge in [-0.3, -0.25) is 24.1 Å². The van der Waals surface area contributed by atoms with Gasteiger partial charge in [-0.1, -0.05) is 29.8 Å². The van der Waals surface area contributed by atoms with Gasteiger partial charge in [0.1, 0.15) is 12.4 Å². The molecule has 184 valence electrons. The number of aromatic nitrogens is 4. The highest BCUT2D eigenvalue weighted by Gasteiger charge is 2.15. The second-order valence-electron chi connectivity index (χ2n) is 8.42. The first-order valence-electron chi connectivity index (χ1n) is 11.4. The van der Waals surface area contributed by atoms with Gasteiger partial charge in [0.05, 0.1) is 17.4 Å². The zero-order valence-electron chi connectivity index (χ0n) is 19.7. The van der Waals surface area contributed by atoms with Crippen LogP contribution in [0, 0.1) is 6.92 Å². The van der Waals surface area contributed by atoms with E-state index in [1.54, 1.807) is 48.9 Å². The Morgan fingerprint density at radius 1 is 0.973 bits per heavy atom. The lowest BCUT2D eigenvalue weighted by atomic mass is 10.0. The topological polar surface area (TPSA) is 110 Å². The number of halogens is 1. The third-order valence-electron chi connectivity index (χ3n) is 5.83. The van der Waals surface area contributed by atoms with Crippen LogP contribution in [0.2, 0.25) is 5.02 Å². The molecule has 0 atom stereocenters. The van der Waals surface area contributed by atoms with E-state index in [9.17, 15) is 14.4 Å². The number of hydrogen-bond acceptors (Lipinski definition) is 5. The highest BCUT2D eigenvalue weighted by Crippen LogP contribution is 2.27. The predicted octanol–water partition coefficient (Wildman–Crippen LogP) is 4.48. The smallest absolute Gasteiger partial charge is 0.325 e. The second-order valence-corrected chi connectivity index (χ2v) is 8.85. The number of para-hydroxylation sites is 1. The molecule has 0 bridgehead atoms. The van der Waals surface area contributed by atoms with Crippen molar-refractivity contribution in [1.29, 1.82) is 0 Å². The second kappa shape index (κ2) is 10.1. The van der Waals surface area contributed by atoms with Gasteiger partial charge in [-0.2, -0.15) is 0 Å².